The molecule has 1 aliphatic rings. The predicted octanol–water partition coefficient (Wildman–Crippen LogP) is 18.7. The first kappa shape index (κ1) is 51.5. The van der Waals surface area contributed by atoms with Gasteiger partial charge in [-0.1, -0.05) is 238 Å². The first-order chi connectivity index (χ1) is 26.5. The molecule has 1 nitrogen and oxygen atoms in total. The summed E-state index contributed by atoms with van der Waals surface area (Å²) in [7, 11) is 0. The number of hydrogen-bond acceptors (Lipinski definition) is 1. The van der Waals surface area contributed by atoms with Crippen molar-refractivity contribution in [1.29, 1.82) is 0 Å². The Morgan fingerprint density at radius 3 is 1.31 bits per heavy atom. The van der Waals surface area contributed by atoms with E-state index in [4.69, 9.17) is 0 Å². The summed E-state index contributed by atoms with van der Waals surface area (Å²) < 4.78 is 0. The second kappa shape index (κ2) is 40.6. The molecule has 1 rings (SSSR count). The van der Waals surface area contributed by atoms with Crippen LogP contribution in [0.3, 0.4) is 0 Å². The Morgan fingerprint density at radius 2 is 0.796 bits per heavy atom. The Bertz CT molecular complexity index is 782. The number of hydrogen-bond donors (Lipinski definition) is 0. The molecule has 0 N–H and O–H groups in total. The molecule has 54 heavy (non-hydrogen) atoms. The van der Waals surface area contributed by atoms with E-state index in [0.29, 0.717) is 0 Å². The molecule has 1 aliphatic heterocycles. The largest absolute Gasteiger partial charge is 0.303 e. The molecule has 0 radical (unpaired) electrons. The van der Waals surface area contributed by atoms with E-state index in [1.54, 1.807) is 5.57 Å². The quantitative estimate of drug-likeness (QED) is 0.150. The van der Waals surface area contributed by atoms with E-state index in [0.717, 1.165) is 11.8 Å². The number of unbranched alkanes of at least 4 members (excludes halogenated alkanes) is 7. The third-order valence-corrected chi connectivity index (χ3v) is 13.2. The molecule has 0 amide bonds. The summed E-state index contributed by atoms with van der Waals surface area (Å²) in [5.74, 6) is 1.88. The summed E-state index contributed by atoms with van der Waals surface area (Å²) >= 11 is 0. The van der Waals surface area contributed by atoms with Gasteiger partial charge in [0.1, 0.15) is 0 Å². The van der Waals surface area contributed by atoms with Gasteiger partial charge in [0.05, 0.1) is 0 Å². The first-order valence-corrected chi connectivity index (χ1v) is 25.6. The van der Waals surface area contributed by atoms with E-state index in [1.807, 2.05) is 0 Å². The lowest BCUT2D eigenvalue weighted by Gasteiger charge is -2.22. The van der Waals surface area contributed by atoms with Gasteiger partial charge in [0, 0.05) is 0 Å². The summed E-state index contributed by atoms with van der Waals surface area (Å²) in [5.41, 5.74) is 3.08. The Labute approximate surface area is 343 Å². The molecule has 1 saturated heterocycles. The Hall–Kier alpha value is -0.560. The van der Waals surface area contributed by atoms with Gasteiger partial charge in [0.15, 0.2) is 0 Å². The second-order valence-electron chi connectivity index (χ2n) is 18.9. The molecule has 2 unspecified atom stereocenters. The number of nitrogens with zero attached hydrogens (tertiary/aromatic N) is 1. The maximum absolute atomic E-state index is 4.58. The molecule has 1 heterocycles. The molecule has 0 spiro atoms. The maximum Gasteiger partial charge on any atom is -0.00187 e. The molecule has 1 fully saturated rings. The molecular weight excluding hydrogens is 651 g/mol. The maximum atomic E-state index is 4.58. The summed E-state index contributed by atoms with van der Waals surface area (Å²) in [4.78, 5) is 2.82. The zero-order valence-corrected chi connectivity index (χ0v) is 38.1. The third-order valence-electron chi connectivity index (χ3n) is 13.2. The smallest absolute Gasteiger partial charge is 0.00187 e. The fraction of sp³-hybridized carbons (Fsp3) is 0.925. The van der Waals surface area contributed by atoms with Crippen molar-refractivity contribution < 1.29 is 0 Å². The highest BCUT2D eigenvalue weighted by molar-refractivity contribution is 4.94. The van der Waals surface area contributed by atoms with E-state index >= 15 is 0 Å². The minimum absolute atomic E-state index is 0.935. The van der Waals surface area contributed by atoms with Gasteiger partial charge in [-0.2, -0.15) is 0 Å². The minimum Gasteiger partial charge on any atom is -0.303 e. The van der Waals surface area contributed by atoms with Gasteiger partial charge >= 0.3 is 0 Å². The fourth-order valence-corrected chi connectivity index (χ4v) is 9.24. The van der Waals surface area contributed by atoms with Crippen molar-refractivity contribution in [2.75, 3.05) is 19.6 Å². The van der Waals surface area contributed by atoms with E-state index in [2.05, 4.69) is 38.8 Å². The van der Waals surface area contributed by atoms with Crippen molar-refractivity contribution in [1.82, 2.24) is 4.90 Å². The summed E-state index contributed by atoms with van der Waals surface area (Å²) in [6.45, 7) is 20.2. The van der Waals surface area contributed by atoms with Crippen LogP contribution in [0.1, 0.15) is 284 Å². The van der Waals surface area contributed by atoms with Gasteiger partial charge < -0.3 is 4.90 Å². The highest BCUT2D eigenvalue weighted by Crippen LogP contribution is 2.27. The van der Waals surface area contributed by atoms with E-state index < -0.39 is 0 Å². The molecule has 0 bridgehead atoms. The van der Waals surface area contributed by atoms with Gasteiger partial charge in [-0.25, -0.2) is 0 Å². The molecule has 1 heteroatoms. The molecule has 0 aromatic heterocycles. The zero-order chi connectivity index (χ0) is 39.0. The zero-order valence-electron chi connectivity index (χ0n) is 38.1. The number of rotatable bonds is 11. The van der Waals surface area contributed by atoms with Crippen LogP contribution in [0.2, 0.25) is 0 Å². The van der Waals surface area contributed by atoms with E-state index in [1.165, 1.54) is 288 Å². The van der Waals surface area contributed by atoms with E-state index in [9.17, 15) is 0 Å². The van der Waals surface area contributed by atoms with Gasteiger partial charge in [0.2, 0.25) is 0 Å². The van der Waals surface area contributed by atoms with Crippen LogP contribution < -0.4 is 0 Å². The summed E-state index contributed by atoms with van der Waals surface area (Å²) in [6.07, 6.45) is 58.0. The Morgan fingerprint density at radius 1 is 0.407 bits per heavy atom. The predicted molar refractivity (Wildman–Crippen MR) is 248 cm³/mol. The molecule has 0 saturated carbocycles. The third kappa shape index (κ3) is 35.8. The lowest BCUT2D eigenvalue weighted by Crippen LogP contribution is -2.27. The van der Waals surface area contributed by atoms with Gasteiger partial charge in [-0.05, 0) is 102 Å². The van der Waals surface area contributed by atoms with Crippen molar-refractivity contribution >= 4 is 0 Å². The van der Waals surface area contributed by atoms with E-state index in [-0.39, 0.29) is 0 Å². The molecular formula is C53H103N. The Kier molecular flexibility index (Phi) is 38.7. The van der Waals surface area contributed by atoms with Crippen LogP contribution in [0.15, 0.2) is 24.3 Å². The van der Waals surface area contributed by atoms with Crippen molar-refractivity contribution in [3.05, 3.63) is 24.3 Å². The average Bonchev–Trinajstić information content (AvgIpc) is 3.16. The minimum atomic E-state index is 0.935. The molecule has 0 aromatic carbocycles. The topological polar surface area (TPSA) is 3.24 Å². The average molecular weight is 754 g/mol. The van der Waals surface area contributed by atoms with Crippen molar-refractivity contribution in [2.24, 2.45) is 11.8 Å². The standard InChI is InChI=1S/C53H103N/c1-6-8-10-11-24-33-43-53-44-34-25-16-15-21-30-40-50(3)38-28-19-13-12-14-20-29-39-51(4)41-31-22-17-26-36-48-54(47-35-9-7-2)49-37-27-18-23-32-42-52(5)45-46-53/h50,53H,4-49H2,1-3H3. The SMILES string of the molecule is C=C1CCCCCCCCCC(C)CCCCCCCCC(CCCCCCCC)CCC(=C)CCCCCCCN(CCCCC)CCCCCCC1. The molecule has 320 valence electrons. The normalized spacial score (nSPS) is 23.7. The van der Waals surface area contributed by atoms with Gasteiger partial charge in [-0.3, -0.25) is 0 Å². The van der Waals surface area contributed by atoms with Crippen molar-refractivity contribution in [3.63, 3.8) is 0 Å². The summed E-state index contributed by atoms with van der Waals surface area (Å²) in [6, 6.07) is 0. The van der Waals surface area contributed by atoms with Gasteiger partial charge in [0.25, 0.3) is 0 Å². The second-order valence-corrected chi connectivity index (χ2v) is 18.9. The van der Waals surface area contributed by atoms with Crippen LogP contribution in [-0.2, 0) is 0 Å². The van der Waals surface area contributed by atoms with Crippen molar-refractivity contribution in [2.45, 2.75) is 284 Å². The van der Waals surface area contributed by atoms with Crippen LogP contribution in [0.5, 0.6) is 0 Å². The highest BCUT2D eigenvalue weighted by Gasteiger charge is 2.11. The van der Waals surface area contributed by atoms with Crippen LogP contribution in [-0.4, -0.2) is 24.5 Å². The first-order valence-electron chi connectivity index (χ1n) is 25.6. The summed E-state index contributed by atoms with van der Waals surface area (Å²) in [5, 5.41) is 0. The van der Waals surface area contributed by atoms with Crippen molar-refractivity contribution in [3.8, 4) is 0 Å². The fourth-order valence-electron chi connectivity index (χ4n) is 9.24. The van der Waals surface area contributed by atoms with Crippen LogP contribution in [0.25, 0.3) is 0 Å². The monoisotopic (exact) mass is 754 g/mol. The lowest BCUT2D eigenvalue weighted by molar-refractivity contribution is 0.255. The molecule has 2 atom stereocenters. The van der Waals surface area contributed by atoms with Crippen LogP contribution in [0, 0.1) is 11.8 Å². The molecule has 0 aromatic rings. The highest BCUT2D eigenvalue weighted by atomic mass is 15.1. The Balaban J connectivity index is 2.50. The van der Waals surface area contributed by atoms with Gasteiger partial charge in [-0.15, -0.1) is 0 Å². The van der Waals surface area contributed by atoms with Crippen LogP contribution >= 0.6 is 0 Å². The number of allylic oxidation sites excluding steroid dienone is 2. The lowest BCUT2D eigenvalue weighted by atomic mass is 9.88. The van der Waals surface area contributed by atoms with Crippen LogP contribution in [0.4, 0.5) is 0 Å². The molecule has 0 aliphatic carbocycles.